The van der Waals surface area contributed by atoms with E-state index < -0.39 is 17.4 Å². The Hall–Kier alpha value is -2.64. The summed E-state index contributed by atoms with van der Waals surface area (Å²) in [6.45, 7) is 2.63. The Bertz CT molecular complexity index is 688. The molecule has 2 fully saturated rings. The minimum atomic E-state index is -0.928. The Morgan fingerprint density at radius 1 is 1.33 bits per heavy atom. The second kappa shape index (κ2) is 6.10. The number of benzene rings is 1. The Morgan fingerprint density at radius 3 is 2.62 bits per heavy atom. The molecule has 7 nitrogen and oxygen atoms in total. The number of imide groups is 1. The molecule has 0 bridgehead atoms. The van der Waals surface area contributed by atoms with Crippen LogP contribution in [0.1, 0.15) is 19.8 Å². The van der Waals surface area contributed by atoms with Gasteiger partial charge < -0.3 is 15.5 Å². The first-order valence-electron chi connectivity index (χ1n) is 7.83. The van der Waals surface area contributed by atoms with E-state index in [-0.39, 0.29) is 17.9 Å². The number of carbonyl (C=O) groups excluding carboxylic acids is 3. The number of nitrogens with one attached hydrogen (secondary N) is 3. The van der Waals surface area contributed by atoms with Crippen LogP contribution in [0.25, 0.3) is 0 Å². The number of nitrogens with zero attached hydrogens (tertiary/aromatic N) is 1. The average molecular weight is 334 g/mol. The van der Waals surface area contributed by atoms with Crippen LogP contribution >= 0.6 is 0 Å². The SMILES string of the molecule is CC1(C2CCN(C(=O)Nc3cccc(F)c3)CC2)NC(=O)NC1=O. The van der Waals surface area contributed by atoms with E-state index >= 15 is 0 Å². The van der Waals surface area contributed by atoms with Crippen LogP contribution in [-0.2, 0) is 4.79 Å². The van der Waals surface area contributed by atoms with Crippen molar-refractivity contribution in [1.29, 1.82) is 0 Å². The highest BCUT2D eigenvalue weighted by molar-refractivity contribution is 6.07. The Labute approximate surface area is 138 Å². The molecule has 0 aromatic heterocycles. The number of likely N-dealkylation sites (tertiary alicyclic amines) is 1. The third-order valence-electron chi connectivity index (χ3n) is 4.75. The molecule has 2 saturated heterocycles. The Balaban J connectivity index is 1.58. The highest BCUT2D eigenvalue weighted by Gasteiger charge is 2.48. The monoisotopic (exact) mass is 334 g/mol. The number of hydrogen-bond acceptors (Lipinski definition) is 3. The number of halogens is 1. The smallest absolute Gasteiger partial charge is 0.322 e. The van der Waals surface area contributed by atoms with Gasteiger partial charge in [-0.25, -0.2) is 14.0 Å². The maximum absolute atomic E-state index is 13.2. The highest BCUT2D eigenvalue weighted by atomic mass is 19.1. The molecule has 1 aromatic carbocycles. The summed E-state index contributed by atoms with van der Waals surface area (Å²) in [5.74, 6) is -0.778. The lowest BCUT2D eigenvalue weighted by Gasteiger charge is -2.38. The fourth-order valence-electron chi connectivity index (χ4n) is 3.27. The summed E-state index contributed by atoms with van der Waals surface area (Å²) in [5.41, 5.74) is -0.529. The van der Waals surface area contributed by atoms with E-state index in [0.717, 1.165) is 0 Å². The highest BCUT2D eigenvalue weighted by Crippen LogP contribution is 2.30. The molecule has 1 aromatic rings. The molecule has 128 valence electrons. The number of urea groups is 2. The third-order valence-corrected chi connectivity index (χ3v) is 4.75. The molecule has 2 aliphatic rings. The molecular formula is C16H19FN4O3. The fourth-order valence-corrected chi connectivity index (χ4v) is 3.27. The number of rotatable bonds is 2. The number of anilines is 1. The quantitative estimate of drug-likeness (QED) is 0.719. The van der Waals surface area contributed by atoms with Gasteiger partial charge in [0.2, 0.25) is 0 Å². The van der Waals surface area contributed by atoms with Gasteiger partial charge in [-0.3, -0.25) is 10.1 Å². The number of amides is 5. The van der Waals surface area contributed by atoms with E-state index in [9.17, 15) is 18.8 Å². The van der Waals surface area contributed by atoms with Crippen molar-refractivity contribution in [3.05, 3.63) is 30.1 Å². The summed E-state index contributed by atoms with van der Waals surface area (Å²) >= 11 is 0. The molecule has 0 spiro atoms. The van der Waals surface area contributed by atoms with Gasteiger partial charge in [-0.15, -0.1) is 0 Å². The summed E-state index contributed by atoms with van der Waals surface area (Å²) in [6, 6.07) is 4.93. The predicted molar refractivity (Wildman–Crippen MR) is 84.8 cm³/mol. The molecule has 1 atom stereocenters. The number of carbonyl (C=O) groups is 3. The molecule has 0 saturated carbocycles. The van der Waals surface area contributed by atoms with Gasteiger partial charge >= 0.3 is 12.1 Å². The summed E-state index contributed by atoms with van der Waals surface area (Å²) in [6.07, 6.45) is 1.20. The van der Waals surface area contributed by atoms with Crippen LogP contribution in [0.4, 0.5) is 19.7 Å². The zero-order valence-electron chi connectivity index (χ0n) is 13.3. The van der Waals surface area contributed by atoms with Crippen LogP contribution < -0.4 is 16.0 Å². The molecule has 2 aliphatic heterocycles. The van der Waals surface area contributed by atoms with E-state index in [1.54, 1.807) is 17.9 Å². The van der Waals surface area contributed by atoms with Crippen LogP contribution in [0.5, 0.6) is 0 Å². The molecule has 24 heavy (non-hydrogen) atoms. The van der Waals surface area contributed by atoms with Crippen molar-refractivity contribution in [2.24, 2.45) is 5.92 Å². The Morgan fingerprint density at radius 2 is 2.04 bits per heavy atom. The van der Waals surface area contributed by atoms with Crippen molar-refractivity contribution in [3.63, 3.8) is 0 Å². The zero-order valence-corrected chi connectivity index (χ0v) is 13.3. The average Bonchev–Trinajstić information content (AvgIpc) is 2.81. The second-order valence-electron chi connectivity index (χ2n) is 6.31. The summed E-state index contributed by atoms with van der Waals surface area (Å²) in [4.78, 5) is 37.2. The van der Waals surface area contributed by atoms with Crippen LogP contribution in [0.2, 0.25) is 0 Å². The normalized spacial score (nSPS) is 24.5. The van der Waals surface area contributed by atoms with Crippen molar-refractivity contribution in [2.75, 3.05) is 18.4 Å². The lowest BCUT2D eigenvalue weighted by Crippen LogP contribution is -2.54. The van der Waals surface area contributed by atoms with Crippen molar-refractivity contribution < 1.29 is 18.8 Å². The Kier molecular flexibility index (Phi) is 4.13. The standard InChI is InChI=1S/C16H19FN4O3/c1-16(13(22)19-14(23)20-16)10-5-7-21(8-6-10)15(24)18-12-4-2-3-11(17)9-12/h2-4,9-10H,5-8H2,1H3,(H,18,24)(H2,19,20,22,23). The fraction of sp³-hybridized carbons (Fsp3) is 0.438. The molecule has 1 unspecified atom stereocenters. The van der Waals surface area contributed by atoms with Crippen molar-refractivity contribution >= 4 is 23.7 Å². The van der Waals surface area contributed by atoms with E-state index in [1.807, 2.05) is 0 Å². The topological polar surface area (TPSA) is 90.5 Å². The van der Waals surface area contributed by atoms with Gasteiger partial charge in [0.05, 0.1) is 0 Å². The molecular weight excluding hydrogens is 315 g/mol. The molecule has 2 heterocycles. The van der Waals surface area contributed by atoms with Gasteiger partial charge in [-0.1, -0.05) is 6.07 Å². The lowest BCUT2D eigenvalue weighted by atomic mass is 9.79. The predicted octanol–water partition coefficient (Wildman–Crippen LogP) is 1.67. The van der Waals surface area contributed by atoms with Gasteiger partial charge in [0.15, 0.2) is 0 Å². The third kappa shape index (κ3) is 3.04. The first-order valence-corrected chi connectivity index (χ1v) is 7.83. The first-order chi connectivity index (χ1) is 11.4. The van der Waals surface area contributed by atoms with Gasteiger partial charge in [-0.2, -0.15) is 0 Å². The van der Waals surface area contributed by atoms with Crippen molar-refractivity contribution in [2.45, 2.75) is 25.3 Å². The van der Waals surface area contributed by atoms with Crippen LogP contribution in [0.15, 0.2) is 24.3 Å². The minimum Gasteiger partial charge on any atom is -0.325 e. The van der Waals surface area contributed by atoms with Gasteiger partial charge in [0.1, 0.15) is 11.4 Å². The molecule has 0 aliphatic carbocycles. The molecule has 8 heteroatoms. The lowest BCUT2D eigenvalue weighted by molar-refractivity contribution is -0.125. The number of hydrogen-bond donors (Lipinski definition) is 3. The first kappa shape index (κ1) is 16.2. The minimum absolute atomic E-state index is 0.0397. The number of piperidine rings is 1. The van der Waals surface area contributed by atoms with Crippen LogP contribution in [0, 0.1) is 11.7 Å². The second-order valence-corrected chi connectivity index (χ2v) is 6.31. The van der Waals surface area contributed by atoms with Gasteiger partial charge in [0.25, 0.3) is 5.91 Å². The van der Waals surface area contributed by atoms with Gasteiger partial charge in [0, 0.05) is 18.8 Å². The summed E-state index contributed by atoms with van der Waals surface area (Å²) < 4.78 is 13.2. The van der Waals surface area contributed by atoms with Crippen molar-refractivity contribution in [3.8, 4) is 0 Å². The maximum atomic E-state index is 13.2. The van der Waals surface area contributed by atoms with E-state index in [4.69, 9.17) is 0 Å². The summed E-state index contributed by atoms with van der Waals surface area (Å²) in [5, 5.41) is 7.60. The molecule has 3 N–H and O–H groups in total. The van der Waals surface area contributed by atoms with Gasteiger partial charge in [-0.05, 0) is 43.9 Å². The molecule has 5 amide bonds. The summed E-state index contributed by atoms with van der Waals surface area (Å²) in [7, 11) is 0. The van der Waals surface area contributed by atoms with Crippen molar-refractivity contribution in [1.82, 2.24) is 15.5 Å². The largest absolute Gasteiger partial charge is 0.325 e. The van der Waals surface area contributed by atoms with Crippen LogP contribution in [-0.4, -0.2) is 41.5 Å². The molecule has 3 rings (SSSR count). The molecule has 0 radical (unpaired) electrons. The van der Waals surface area contributed by atoms with E-state index in [2.05, 4.69) is 16.0 Å². The zero-order chi connectivity index (χ0) is 17.3. The maximum Gasteiger partial charge on any atom is 0.322 e. The van der Waals surface area contributed by atoms with E-state index in [1.165, 1.54) is 18.2 Å². The van der Waals surface area contributed by atoms with E-state index in [0.29, 0.717) is 31.6 Å². The van der Waals surface area contributed by atoms with Crippen LogP contribution in [0.3, 0.4) is 0 Å².